The number of aromatic nitrogens is 1. The van der Waals surface area contributed by atoms with Crippen molar-refractivity contribution < 1.29 is 9.90 Å². The van der Waals surface area contributed by atoms with Gasteiger partial charge in [0.2, 0.25) is 0 Å². The minimum absolute atomic E-state index is 0.243. The van der Waals surface area contributed by atoms with Gasteiger partial charge in [-0.05, 0) is 42.7 Å². The van der Waals surface area contributed by atoms with Crippen molar-refractivity contribution in [1.29, 1.82) is 0 Å². The van der Waals surface area contributed by atoms with Gasteiger partial charge in [0.15, 0.2) is 0 Å². The van der Waals surface area contributed by atoms with E-state index in [9.17, 15) is 14.7 Å². The third-order valence-corrected chi connectivity index (χ3v) is 4.06. The first-order valence-corrected chi connectivity index (χ1v) is 7.22. The van der Waals surface area contributed by atoms with Crippen molar-refractivity contribution in [3.63, 3.8) is 0 Å². The van der Waals surface area contributed by atoms with Crippen LogP contribution >= 0.6 is 0 Å². The third kappa shape index (κ3) is 2.97. The van der Waals surface area contributed by atoms with Crippen molar-refractivity contribution in [3.8, 4) is 0 Å². The molecule has 0 aliphatic heterocycles. The number of fused-ring (bicyclic) bond motifs is 1. The first kappa shape index (κ1) is 13.8. The van der Waals surface area contributed by atoms with Crippen molar-refractivity contribution in [3.05, 3.63) is 46.4 Å². The summed E-state index contributed by atoms with van der Waals surface area (Å²) < 4.78 is 0. The fourth-order valence-electron chi connectivity index (χ4n) is 2.90. The van der Waals surface area contributed by atoms with E-state index in [1.807, 2.05) is 12.1 Å². The highest BCUT2D eigenvalue weighted by atomic mass is 16.3. The summed E-state index contributed by atoms with van der Waals surface area (Å²) >= 11 is 0. The number of carbonyl (C=O) groups excluding carboxylic acids is 1. The van der Waals surface area contributed by atoms with Crippen molar-refractivity contribution in [2.75, 3.05) is 6.54 Å². The van der Waals surface area contributed by atoms with Crippen LogP contribution in [0.1, 0.15) is 29.8 Å². The van der Waals surface area contributed by atoms with Crippen molar-refractivity contribution in [2.24, 2.45) is 5.92 Å². The van der Waals surface area contributed by atoms with Gasteiger partial charge in [-0.3, -0.25) is 9.59 Å². The van der Waals surface area contributed by atoms with Crippen LogP contribution in [0.15, 0.2) is 35.1 Å². The monoisotopic (exact) mass is 286 g/mol. The van der Waals surface area contributed by atoms with E-state index in [-0.39, 0.29) is 23.3 Å². The molecule has 0 spiro atoms. The fraction of sp³-hybridized carbons (Fsp3) is 0.375. The predicted octanol–water partition coefficient (Wildman–Crippen LogP) is 1.42. The second-order valence-corrected chi connectivity index (χ2v) is 5.64. The minimum Gasteiger partial charge on any atom is -0.393 e. The molecule has 1 amide bonds. The highest BCUT2D eigenvalue weighted by Gasteiger charge is 2.23. The predicted molar refractivity (Wildman–Crippen MR) is 80.2 cm³/mol. The van der Waals surface area contributed by atoms with Crippen LogP contribution < -0.4 is 10.9 Å². The molecule has 2 unspecified atom stereocenters. The van der Waals surface area contributed by atoms with E-state index in [2.05, 4.69) is 10.3 Å². The van der Waals surface area contributed by atoms with Gasteiger partial charge >= 0.3 is 0 Å². The number of rotatable bonds is 3. The number of amides is 1. The molecule has 1 saturated carbocycles. The molecule has 1 aromatic carbocycles. The number of aromatic amines is 1. The lowest BCUT2D eigenvalue weighted by molar-refractivity contribution is 0.0940. The van der Waals surface area contributed by atoms with E-state index in [1.54, 1.807) is 18.2 Å². The number of nitrogens with one attached hydrogen (secondary N) is 2. The molecule has 2 atom stereocenters. The van der Waals surface area contributed by atoms with Gasteiger partial charge in [-0.2, -0.15) is 0 Å². The molecule has 2 aromatic rings. The molecular weight excluding hydrogens is 268 g/mol. The van der Waals surface area contributed by atoms with E-state index < -0.39 is 0 Å². The Hall–Kier alpha value is -2.14. The summed E-state index contributed by atoms with van der Waals surface area (Å²) in [6, 6.07) is 8.87. The first-order valence-electron chi connectivity index (χ1n) is 7.22. The van der Waals surface area contributed by atoms with E-state index in [0.717, 1.165) is 24.6 Å². The number of benzene rings is 1. The van der Waals surface area contributed by atoms with Crippen LogP contribution in [0.2, 0.25) is 0 Å². The van der Waals surface area contributed by atoms with Gasteiger partial charge in [0.05, 0.1) is 6.10 Å². The molecule has 1 aliphatic carbocycles. The fourth-order valence-corrected chi connectivity index (χ4v) is 2.90. The van der Waals surface area contributed by atoms with Crippen LogP contribution in [0.4, 0.5) is 0 Å². The van der Waals surface area contributed by atoms with E-state index in [4.69, 9.17) is 0 Å². The van der Waals surface area contributed by atoms with Gasteiger partial charge in [0, 0.05) is 11.9 Å². The molecule has 1 heterocycles. The average Bonchev–Trinajstić information content (AvgIpc) is 2.90. The third-order valence-electron chi connectivity index (χ3n) is 4.06. The Morgan fingerprint density at radius 3 is 2.90 bits per heavy atom. The maximum atomic E-state index is 12.1. The van der Waals surface area contributed by atoms with Crippen molar-refractivity contribution in [2.45, 2.75) is 25.4 Å². The van der Waals surface area contributed by atoms with Crippen LogP contribution in [-0.4, -0.2) is 28.6 Å². The molecule has 110 valence electrons. The molecular formula is C16H18N2O3. The number of carbonyl (C=O) groups is 1. The quantitative estimate of drug-likeness (QED) is 0.798. The van der Waals surface area contributed by atoms with E-state index in [0.29, 0.717) is 17.8 Å². The molecule has 0 radical (unpaired) electrons. The van der Waals surface area contributed by atoms with Gasteiger partial charge in [0.1, 0.15) is 5.69 Å². The first-order chi connectivity index (χ1) is 10.1. The Kier molecular flexibility index (Phi) is 3.75. The van der Waals surface area contributed by atoms with Gasteiger partial charge < -0.3 is 15.4 Å². The van der Waals surface area contributed by atoms with E-state index in [1.165, 1.54) is 0 Å². The molecule has 3 N–H and O–H groups in total. The van der Waals surface area contributed by atoms with Crippen LogP contribution in [0.5, 0.6) is 0 Å². The minimum atomic E-state index is -0.278. The molecule has 5 heteroatoms. The number of aliphatic hydroxyl groups is 1. The molecule has 1 fully saturated rings. The Balaban J connectivity index is 1.74. The zero-order valence-electron chi connectivity index (χ0n) is 11.6. The smallest absolute Gasteiger partial charge is 0.267 e. The molecule has 1 aliphatic rings. The maximum absolute atomic E-state index is 12.1. The summed E-state index contributed by atoms with van der Waals surface area (Å²) in [6.45, 7) is 0.532. The van der Waals surface area contributed by atoms with Gasteiger partial charge in [0.25, 0.3) is 11.5 Å². The Morgan fingerprint density at radius 2 is 2.14 bits per heavy atom. The van der Waals surface area contributed by atoms with Gasteiger partial charge in [-0.1, -0.05) is 18.2 Å². The van der Waals surface area contributed by atoms with Crippen LogP contribution in [0.3, 0.4) is 0 Å². The second kappa shape index (κ2) is 5.69. The Labute approximate surface area is 122 Å². The lowest BCUT2D eigenvalue weighted by atomic mass is 10.1. The summed E-state index contributed by atoms with van der Waals surface area (Å²) in [5, 5.41) is 13.6. The average molecular weight is 286 g/mol. The second-order valence-electron chi connectivity index (χ2n) is 5.64. The SMILES string of the molecule is O=C(NCC1CCC(O)C1)c1cc2ccccc2c(=O)[nH]1. The Bertz CT molecular complexity index is 723. The Morgan fingerprint density at radius 1 is 1.33 bits per heavy atom. The van der Waals surface area contributed by atoms with E-state index >= 15 is 0 Å². The molecule has 1 aromatic heterocycles. The highest BCUT2D eigenvalue weighted by Crippen LogP contribution is 2.24. The molecule has 0 bridgehead atoms. The molecule has 5 nitrogen and oxygen atoms in total. The topological polar surface area (TPSA) is 82.2 Å². The zero-order valence-corrected chi connectivity index (χ0v) is 11.6. The summed E-state index contributed by atoms with van der Waals surface area (Å²) in [4.78, 5) is 26.7. The van der Waals surface area contributed by atoms with Gasteiger partial charge in [-0.25, -0.2) is 0 Å². The van der Waals surface area contributed by atoms with Gasteiger partial charge in [-0.15, -0.1) is 0 Å². The summed E-state index contributed by atoms with van der Waals surface area (Å²) in [7, 11) is 0. The van der Waals surface area contributed by atoms with Crippen LogP contribution in [0.25, 0.3) is 10.8 Å². The molecule has 3 rings (SSSR count). The highest BCUT2D eigenvalue weighted by molar-refractivity contribution is 5.96. The summed E-state index contributed by atoms with van der Waals surface area (Å²) in [6.07, 6.45) is 2.21. The maximum Gasteiger partial charge on any atom is 0.267 e. The normalized spacial score (nSPS) is 21.6. The number of hydrogen-bond donors (Lipinski definition) is 3. The number of hydrogen-bond acceptors (Lipinski definition) is 3. The lowest BCUT2D eigenvalue weighted by Gasteiger charge is -2.11. The molecule has 0 saturated heterocycles. The number of aliphatic hydroxyl groups excluding tert-OH is 1. The van der Waals surface area contributed by atoms with Crippen LogP contribution in [-0.2, 0) is 0 Å². The number of H-pyrrole nitrogens is 1. The molecule has 21 heavy (non-hydrogen) atoms. The standard InChI is InChI=1S/C16H18N2O3/c19-12-6-5-10(7-12)9-17-16(21)14-8-11-3-1-2-4-13(11)15(20)18-14/h1-4,8,10,12,19H,5-7,9H2,(H,17,21)(H,18,20). The van der Waals surface area contributed by atoms with Crippen molar-refractivity contribution in [1.82, 2.24) is 10.3 Å². The summed E-state index contributed by atoms with van der Waals surface area (Å²) in [5.41, 5.74) is 0.0202. The van der Waals surface area contributed by atoms with Crippen molar-refractivity contribution >= 4 is 16.7 Å². The largest absolute Gasteiger partial charge is 0.393 e. The zero-order chi connectivity index (χ0) is 14.8. The summed E-state index contributed by atoms with van der Waals surface area (Å²) in [5.74, 6) is 0.0374. The van der Waals surface area contributed by atoms with Crippen LogP contribution in [0, 0.1) is 5.92 Å². The lowest BCUT2D eigenvalue weighted by Crippen LogP contribution is -2.30. The number of pyridine rings is 1.